The Bertz CT molecular complexity index is 1040. The van der Waals surface area contributed by atoms with E-state index in [0.717, 1.165) is 5.56 Å². The number of ether oxygens (including phenoxy) is 3. The Balaban J connectivity index is 2.03. The van der Waals surface area contributed by atoms with Gasteiger partial charge in [0.2, 0.25) is 0 Å². The smallest absolute Gasteiger partial charge is 0.343 e. The van der Waals surface area contributed by atoms with Crippen molar-refractivity contribution in [2.75, 3.05) is 14.2 Å². The largest absolute Gasteiger partial charge is 0.493 e. The van der Waals surface area contributed by atoms with E-state index < -0.39 is 12.1 Å². The van der Waals surface area contributed by atoms with Crippen molar-refractivity contribution in [2.45, 2.75) is 19.6 Å². The van der Waals surface area contributed by atoms with E-state index in [1.165, 1.54) is 6.92 Å². The Hall–Kier alpha value is -3.79. The van der Waals surface area contributed by atoms with Gasteiger partial charge in [-0.05, 0) is 30.7 Å². The minimum Gasteiger partial charge on any atom is -0.493 e. The first-order chi connectivity index (χ1) is 14.0. The molecule has 0 aliphatic heterocycles. The van der Waals surface area contributed by atoms with Crippen molar-refractivity contribution >= 4 is 5.97 Å². The lowest BCUT2D eigenvalue weighted by molar-refractivity contribution is 0.0436. The highest BCUT2D eigenvalue weighted by molar-refractivity contribution is 5.96. The van der Waals surface area contributed by atoms with Crippen LogP contribution in [0.3, 0.4) is 0 Å². The number of aromatic nitrogens is 2. The molecule has 1 atom stereocenters. The normalized spacial score (nSPS) is 11.4. The maximum atomic E-state index is 12.7. The summed E-state index contributed by atoms with van der Waals surface area (Å²) in [5, 5.41) is 13.6. The summed E-state index contributed by atoms with van der Waals surface area (Å²) in [6.07, 6.45) is 0.768. The fourth-order valence-electron chi connectivity index (χ4n) is 2.87. The van der Waals surface area contributed by atoms with Gasteiger partial charge in [-0.3, -0.25) is 4.68 Å². The van der Waals surface area contributed by atoms with Crippen molar-refractivity contribution in [3.05, 3.63) is 65.9 Å². The molecule has 7 nitrogen and oxygen atoms in total. The van der Waals surface area contributed by atoms with E-state index in [1.807, 2.05) is 36.4 Å². The van der Waals surface area contributed by atoms with Gasteiger partial charge < -0.3 is 14.2 Å². The van der Waals surface area contributed by atoms with E-state index in [2.05, 4.69) is 5.10 Å². The zero-order valence-corrected chi connectivity index (χ0v) is 16.5. The average molecular weight is 391 g/mol. The number of hydrogen-bond acceptors (Lipinski definition) is 6. The second-order valence-electron chi connectivity index (χ2n) is 6.32. The second kappa shape index (κ2) is 8.93. The number of esters is 1. The highest BCUT2D eigenvalue weighted by atomic mass is 16.5. The van der Waals surface area contributed by atoms with E-state index >= 15 is 0 Å². The Morgan fingerprint density at radius 1 is 1.14 bits per heavy atom. The Morgan fingerprint density at radius 3 is 2.52 bits per heavy atom. The molecule has 29 heavy (non-hydrogen) atoms. The number of nitriles is 1. The van der Waals surface area contributed by atoms with Gasteiger partial charge in [-0.2, -0.15) is 10.4 Å². The van der Waals surface area contributed by atoms with Crippen molar-refractivity contribution in [1.29, 1.82) is 5.26 Å². The number of carbonyl (C=O) groups is 1. The molecule has 3 aromatic rings. The molecule has 0 aliphatic carbocycles. The summed E-state index contributed by atoms with van der Waals surface area (Å²) < 4.78 is 17.5. The zero-order chi connectivity index (χ0) is 20.8. The van der Waals surface area contributed by atoms with Crippen LogP contribution in [0.25, 0.3) is 11.3 Å². The van der Waals surface area contributed by atoms with Crippen LogP contribution in [0.2, 0.25) is 0 Å². The lowest BCUT2D eigenvalue weighted by Crippen LogP contribution is -2.13. The number of rotatable bonds is 7. The molecule has 0 saturated heterocycles. The number of carbonyl (C=O) groups excluding carboxylic acids is 1. The fraction of sp³-hybridized carbons (Fsp3) is 0.227. The lowest BCUT2D eigenvalue weighted by atomic mass is 10.1. The summed E-state index contributed by atoms with van der Waals surface area (Å²) in [6, 6.07) is 17.0. The molecule has 0 radical (unpaired) electrons. The van der Waals surface area contributed by atoms with Gasteiger partial charge in [-0.1, -0.05) is 30.3 Å². The predicted octanol–water partition coefficient (Wildman–Crippen LogP) is 3.68. The third kappa shape index (κ3) is 4.55. The molecule has 3 rings (SSSR count). The Labute approximate surface area is 169 Å². The van der Waals surface area contributed by atoms with E-state index in [0.29, 0.717) is 29.3 Å². The van der Waals surface area contributed by atoms with Gasteiger partial charge in [0.05, 0.1) is 20.8 Å². The van der Waals surface area contributed by atoms with Crippen molar-refractivity contribution in [3.8, 4) is 28.8 Å². The van der Waals surface area contributed by atoms with Gasteiger partial charge in [0.15, 0.2) is 17.6 Å². The summed E-state index contributed by atoms with van der Waals surface area (Å²) in [6.45, 7) is 2.00. The fourth-order valence-corrected chi connectivity index (χ4v) is 2.87. The highest BCUT2D eigenvalue weighted by Crippen LogP contribution is 2.33. The van der Waals surface area contributed by atoms with Crippen LogP contribution in [-0.4, -0.2) is 36.1 Å². The molecule has 1 heterocycles. The summed E-state index contributed by atoms with van der Waals surface area (Å²) in [7, 11) is 3.09. The highest BCUT2D eigenvalue weighted by Gasteiger charge is 2.22. The van der Waals surface area contributed by atoms with E-state index in [9.17, 15) is 4.79 Å². The average Bonchev–Trinajstić information content (AvgIpc) is 3.17. The van der Waals surface area contributed by atoms with Crippen molar-refractivity contribution in [1.82, 2.24) is 9.78 Å². The van der Waals surface area contributed by atoms with Gasteiger partial charge in [-0.25, -0.2) is 4.79 Å². The number of methoxy groups -OCH3 is 2. The van der Waals surface area contributed by atoms with Crippen molar-refractivity contribution in [3.63, 3.8) is 0 Å². The number of hydrogen-bond donors (Lipinski definition) is 0. The minimum absolute atomic E-state index is 0.273. The van der Waals surface area contributed by atoms with Crippen LogP contribution < -0.4 is 9.47 Å². The van der Waals surface area contributed by atoms with Gasteiger partial charge in [-0.15, -0.1) is 0 Å². The Morgan fingerprint density at radius 2 is 1.86 bits per heavy atom. The van der Waals surface area contributed by atoms with Crippen LogP contribution in [0.1, 0.15) is 22.8 Å². The topological polar surface area (TPSA) is 86.4 Å². The molecule has 0 saturated carbocycles. The maximum absolute atomic E-state index is 12.7. The first-order valence-corrected chi connectivity index (χ1v) is 9.00. The van der Waals surface area contributed by atoms with Crippen LogP contribution >= 0.6 is 0 Å². The van der Waals surface area contributed by atoms with E-state index in [1.54, 1.807) is 43.3 Å². The van der Waals surface area contributed by atoms with Crippen LogP contribution in [0.15, 0.2) is 54.7 Å². The molecule has 2 aromatic carbocycles. The van der Waals surface area contributed by atoms with Crippen molar-refractivity contribution in [2.24, 2.45) is 0 Å². The molecule has 0 aliphatic rings. The summed E-state index contributed by atoms with van der Waals surface area (Å²) in [4.78, 5) is 12.7. The molecule has 0 bridgehead atoms. The van der Waals surface area contributed by atoms with Crippen LogP contribution in [0, 0.1) is 11.3 Å². The number of benzene rings is 2. The molecule has 1 aromatic heterocycles. The Kier molecular flexibility index (Phi) is 6.15. The molecule has 148 valence electrons. The summed E-state index contributed by atoms with van der Waals surface area (Å²) in [5.41, 5.74) is 2.43. The first kappa shape index (κ1) is 20.0. The van der Waals surface area contributed by atoms with Crippen LogP contribution in [-0.2, 0) is 11.3 Å². The van der Waals surface area contributed by atoms with Crippen molar-refractivity contribution < 1.29 is 19.0 Å². The lowest BCUT2D eigenvalue weighted by Gasteiger charge is -2.10. The summed E-state index contributed by atoms with van der Waals surface area (Å²) in [5.74, 6) is 0.484. The molecular weight excluding hydrogens is 370 g/mol. The number of nitrogens with zero attached hydrogens (tertiary/aromatic N) is 3. The zero-order valence-electron chi connectivity index (χ0n) is 16.5. The SMILES string of the molecule is COc1ccc(-c2nn(Cc3ccccc3)cc2C(=O)O[C@@H](C)C#N)cc1OC. The third-order valence-electron chi connectivity index (χ3n) is 4.29. The third-order valence-corrected chi connectivity index (χ3v) is 4.29. The minimum atomic E-state index is -0.863. The summed E-state index contributed by atoms with van der Waals surface area (Å²) >= 11 is 0. The molecule has 0 N–H and O–H groups in total. The van der Waals surface area contributed by atoms with E-state index in [-0.39, 0.29) is 5.56 Å². The molecule has 0 amide bonds. The predicted molar refractivity (Wildman–Crippen MR) is 107 cm³/mol. The van der Waals surface area contributed by atoms with Crippen LogP contribution in [0.4, 0.5) is 0 Å². The molecule has 0 unspecified atom stereocenters. The van der Waals surface area contributed by atoms with E-state index in [4.69, 9.17) is 19.5 Å². The molecule has 0 spiro atoms. The van der Waals surface area contributed by atoms with Gasteiger partial charge in [0.25, 0.3) is 0 Å². The monoisotopic (exact) mass is 391 g/mol. The van der Waals surface area contributed by atoms with Crippen LogP contribution in [0.5, 0.6) is 11.5 Å². The maximum Gasteiger partial charge on any atom is 0.343 e. The quantitative estimate of drug-likeness (QED) is 0.571. The molecular formula is C22H21N3O4. The second-order valence-corrected chi connectivity index (χ2v) is 6.32. The standard InChI is InChI=1S/C22H21N3O4/c1-15(12-23)29-22(26)18-14-25(13-16-7-5-4-6-8-16)24-21(18)17-9-10-19(27-2)20(11-17)28-3/h4-11,14-15H,13H2,1-3H3/t15-/m0/s1. The van der Waals surface area contributed by atoms with Gasteiger partial charge >= 0.3 is 5.97 Å². The molecule has 7 heteroatoms. The van der Waals surface area contributed by atoms with Gasteiger partial charge in [0.1, 0.15) is 17.3 Å². The first-order valence-electron chi connectivity index (χ1n) is 9.00. The molecule has 0 fully saturated rings. The van der Waals surface area contributed by atoms with Gasteiger partial charge in [0, 0.05) is 11.8 Å².